The molecular weight excluding hydrogens is 503 g/mol. The van der Waals surface area contributed by atoms with Crippen LogP contribution in [-0.2, 0) is 4.79 Å². The third-order valence-electron chi connectivity index (χ3n) is 4.68. The minimum atomic E-state index is -0.600. The van der Waals surface area contributed by atoms with Crippen molar-refractivity contribution < 1.29 is 14.1 Å². The number of carbonyl (C=O) groups excluding carboxylic acids is 1. The molecule has 0 bridgehead atoms. The molecule has 3 aromatic carbocycles. The van der Waals surface area contributed by atoms with Crippen molar-refractivity contribution in [2.45, 2.75) is 16.7 Å². The van der Waals surface area contributed by atoms with Crippen LogP contribution in [0.15, 0.2) is 75.4 Å². The van der Waals surface area contributed by atoms with E-state index in [-0.39, 0.29) is 15.0 Å². The fourth-order valence-electron chi connectivity index (χ4n) is 3.05. The van der Waals surface area contributed by atoms with Crippen molar-refractivity contribution in [3.8, 4) is 0 Å². The van der Waals surface area contributed by atoms with Gasteiger partial charge in [-0.15, -0.1) is 0 Å². The van der Waals surface area contributed by atoms with Gasteiger partial charge in [-0.3, -0.25) is 19.8 Å². The number of anilines is 1. The lowest BCUT2D eigenvalue weighted by molar-refractivity contribution is -0.387. The van der Waals surface area contributed by atoms with Gasteiger partial charge in [0.1, 0.15) is 5.82 Å². The first kappa shape index (κ1) is 23.4. The summed E-state index contributed by atoms with van der Waals surface area (Å²) in [7, 11) is 0. The molecule has 0 spiro atoms. The Morgan fingerprint density at radius 1 is 1.15 bits per heavy atom. The molecule has 33 heavy (non-hydrogen) atoms. The Morgan fingerprint density at radius 3 is 2.55 bits per heavy atom. The summed E-state index contributed by atoms with van der Waals surface area (Å²) in [5.41, 5.74) is 1.88. The summed E-state index contributed by atoms with van der Waals surface area (Å²) in [5.74, 6) is -1.01. The van der Waals surface area contributed by atoms with Crippen LogP contribution in [-0.4, -0.2) is 15.2 Å². The van der Waals surface area contributed by atoms with Crippen molar-refractivity contribution in [2.75, 3.05) is 4.90 Å². The Bertz CT molecular complexity index is 1330. The van der Waals surface area contributed by atoms with Gasteiger partial charge in [-0.1, -0.05) is 71.1 Å². The van der Waals surface area contributed by atoms with E-state index in [1.807, 2.05) is 31.2 Å². The van der Waals surface area contributed by atoms with Crippen LogP contribution >= 0.6 is 47.3 Å². The van der Waals surface area contributed by atoms with Gasteiger partial charge in [0.25, 0.3) is 11.6 Å². The molecule has 0 radical (unpaired) electrons. The second-order valence-corrected chi connectivity index (χ2v) is 10.2. The number of hydrogen-bond donors (Lipinski definition) is 0. The monoisotopic (exact) mass is 516 g/mol. The average Bonchev–Trinajstić information content (AvgIpc) is 3.05. The van der Waals surface area contributed by atoms with Crippen LogP contribution in [0.1, 0.15) is 11.1 Å². The number of hydrogen-bond acceptors (Lipinski definition) is 6. The van der Waals surface area contributed by atoms with Crippen LogP contribution in [0.2, 0.25) is 5.02 Å². The van der Waals surface area contributed by atoms with E-state index in [0.29, 0.717) is 21.1 Å². The van der Waals surface area contributed by atoms with E-state index in [9.17, 15) is 19.3 Å². The Kier molecular flexibility index (Phi) is 6.85. The summed E-state index contributed by atoms with van der Waals surface area (Å²) >= 11 is 13.5. The molecule has 1 saturated heterocycles. The molecule has 1 amide bonds. The van der Waals surface area contributed by atoms with Gasteiger partial charge in [-0.25, -0.2) is 4.39 Å². The Labute approximate surface area is 207 Å². The number of rotatable bonds is 5. The minimum Gasteiger partial charge on any atom is -0.268 e. The normalized spacial score (nSPS) is 14.9. The van der Waals surface area contributed by atoms with Crippen molar-refractivity contribution in [2.24, 2.45) is 0 Å². The highest BCUT2D eigenvalue weighted by Gasteiger charge is 2.33. The molecule has 1 aliphatic rings. The number of nitro groups is 1. The number of benzene rings is 3. The van der Waals surface area contributed by atoms with Crippen LogP contribution in [0.25, 0.3) is 6.08 Å². The lowest BCUT2D eigenvalue weighted by Gasteiger charge is -2.14. The number of carbonyl (C=O) groups is 1. The number of thiocarbonyl (C=S) groups is 1. The molecule has 0 aliphatic carbocycles. The summed E-state index contributed by atoms with van der Waals surface area (Å²) in [5, 5.41) is 11.6. The van der Waals surface area contributed by atoms with E-state index in [2.05, 4.69) is 0 Å². The smallest absolute Gasteiger partial charge is 0.268 e. The topological polar surface area (TPSA) is 63.5 Å². The average molecular weight is 517 g/mol. The van der Waals surface area contributed by atoms with Crippen molar-refractivity contribution in [1.82, 2.24) is 0 Å². The van der Waals surface area contributed by atoms with Crippen molar-refractivity contribution in [1.29, 1.82) is 0 Å². The zero-order valence-corrected chi connectivity index (χ0v) is 20.2. The summed E-state index contributed by atoms with van der Waals surface area (Å²) in [6.07, 6.45) is 1.55. The molecule has 10 heteroatoms. The largest absolute Gasteiger partial charge is 0.283 e. The third-order valence-corrected chi connectivity index (χ3v) is 7.35. The van der Waals surface area contributed by atoms with E-state index >= 15 is 0 Å². The maximum atomic E-state index is 13.5. The first-order valence-electron chi connectivity index (χ1n) is 9.49. The lowest BCUT2D eigenvalue weighted by atomic mass is 10.2. The highest BCUT2D eigenvalue weighted by atomic mass is 35.5. The molecule has 166 valence electrons. The fraction of sp³-hybridized carbons (Fsp3) is 0.0435. The number of aryl methyl sites for hydroxylation is 1. The van der Waals surface area contributed by atoms with E-state index in [1.54, 1.807) is 18.2 Å². The number of thioether (sulfide) groups is 1. The van der Waals surface area contributed by atoms with E-state index in [4.69, 9.17) is 23.8 Å². The predicted octanol–water partition coefficient (Wildman–Crippen LogP) is 7.25. The van der Waals surface area contributed by atoms with E-state index in [1.165, 1.54) is 34.9 Å². The van der Waals surface area contributed by atoms with Crippen LogP contribution in [0.4, 0.5) is 15.8 Å². The second kappa shape index (κ2) is 9.64. The van der Waals surface area contributed by atoms with Crippen LogP contribution in [0.5, 0.6) is 0 Å². The quantitative estimate of drug-likeness (QED) is 0.154. The fourth-order valence-corrected chi connectivity index (χ4v) is 5.43. The molecule has 0 aromatic heterocycles. The number of halogens is 2. The Balaban J connectivity index is 1.63. The Morgan fingerprint density at radius 2 is 1.88 bits per heavy atom. The molecule has 1 aliphatic heterocycles. The molecule has 0 N–H and O–H groups in total. The lowest BCUT2D eigenvalue weighted by Crippen LogP contribution is -2.27. The number of amides is 1. The number of nitro benzene ring substituents is 1. The van der Waals surface area contributed by atoms with Crippen LogP contribution in [0.3, 0.4) is 0 Å². The molecule has 0 unspecified atom stereocenters. The molecule has 1 fully saturated rings. The van der Waals surface area contributed by atoms with Crippen LogP contribution < -0.4 is 4.90 Å². The van der Waals surface area contributed by atoms with Gasteiger partial charge in [0.05, 0.1) is 25.4 Å². The maximum absolute atomic E-state index is 13.5. The molecule has 5 nitrogen and oxygen atoms in total. The van der Waals surface area contributed by atoms with Gasteiger partial charge in [0, 0.05) is 11.0 Å². The van der Waals surface area contributed by atoms with Crippen molar-refractivity contribution in [3.05, 3.63) is 97.6 Å². The first-order chi connectivity index (χ1) is 15.7. The SMILES string of the molecule is Cc1ccc(Sc2ccc(C=C3SC(=S)N(c4ccc(F)c(Cl)c4)C3=O)cc2[N+](=O)[O-])cc1. The van der Waals surface area contributed by atoms with Gasteiger partial charge in [-0.2, -0.15) is 0 Å². The molecule has 1 heterocycles. The van der Waals surface area contributed by atoms with Gasteiger partial charge in [-0.05, 0) is 55.0 Å². The molecule has 0 atom stereocenters. The highest BCUT2D eigenvalue weighted by Crippen LogP contribution is 2.39. The molecule has 3 aromatic rings. The molecule has 0 saturated carbocycles. The standard InChI is InChI=1S/C23H14ClFN2O3S3/c1-13-2-6-16(7-3-13)32-20-9-4-14(10-19(20)27(29)30)11-21-22(28)26(23(31)33-21)15-5-8-18(25)17(24)12-15/h2-12H,1H3. The summed E-state index contributed by atoms with van der Waals surface area (Å²) < 4.78 is 13.8. The number of nitrogens with zero attached hydrogens (tertiary/aromatic N) is 2. The highest BCUT2D eigenvalue weighted by molar-refractivity contribution is 8.27. The third kappa shape index (κ3) is 5.11. The zero-order valence-electron chi connectivity index (χ0n) is 17.0. The minimum absolute atomic E-state index is 0.0601. The van der Waals surface area contributed by atoms with Crippen LogP contribution in [0, 0.1) is 22.9 Å². The van der Waals surface area contributed by atoms with Crippen molar-refractivity contribution in [3.63, 3.8) is 0 Å². The predicted molar refractivity (Wildman–Crippen MR) is 135 cm³/mol. The first-order valence-corrected chi connectivity index (χ1v) is 11.9. The summed E-state index contributed by atoms with van der Waals surface area (Å²) in [6, 6.07) is 16.4. The Hall–Kier alpha value is -2.72. The zero-order chi connectivity index (χ0) is 23.7. The summed E-state index contributed by atoms with van der Waals surface area (Å²) in [4.78, 5) is 27.1. The van der Waals surface area contributed by atoms with E-state index in [0.717, 1.165) is 28.3 Å². The maximum Gasteiger partial charge on any atom is 0.283 e. The second-order valence-electron chi connectivity index (χ2n) is 7.01. The van der Waals surface area contributed by atoms with E-state index < -0.39 is 16.6 Å². The van der Waals surface area contributed by atoms with Crippen molar-refractivity contribution >= 4 is 75.0 Å². The van der Waals surface area contributed by atoms with Gasteiger partial charge in [0.2, 0.25) is 0 Å². The summed E-state index contributed by atoms with van der Waals surface area (Å²) in [6.45, 7) is 1.97. The molecule has 4 rings (SSSR count). The van der Waals surface area contributed by atoms with Gasteiger partial charge >= 0.3 is 0 Å². The molecular formula is C23H14ClFN2O3S3. The van der Waals surface area contributed by atoms with Gasteiger partial charge < -0.3 is 0 Å². The van der Waals surface area contributed by atoms with Gasteiger partial charge in [0.15, 0.2) is 4.32 Å².